The van der Waals surface area contributed by atoms with E-state index in [-0.39, 0.29) is 18.0 Å². The van der Waals surface area contributed by atoms with Crippen LogP contribution in [-0.2, 0) is 12.7 Å². The van der Waals surface area contributed by atoms with Crippen LogP contribution in [-0.4, -0.2) is 4.92 Å². The Hall–Kier alpha value is -2.03. The molecule has 0 bridgehead atoms. The average molecular weight is 365 g/mol. The van der Waals surface area contributed by atoms with Crippen LogP contribution >= 0.6 is 15.9 Å². The van der Waals surface area contributed by atoms with Crippen molar-refractivity contribution in [3.05, 3.63) is 56.2 Å². The van der Waals surface area contributed by atoms with Gasteiger partial charge in [0, 0.05) is 10.2 Å². The van der Waals surface area contributed by atoms with E-state index in [2.05, 4.69) is 21.2 Å². The predicted octanol–water partition coefficient (Wildman–Crippen LogP) is 4.58. The molecule has 0 atom stereocenters. The van der Waals surface area contributed by atoms with Crippen molar-refractivity contribution < 1.29 is 22.5 Å². The smallest absolute Gasteiger partial charge is 0.404 e. The summed E-state index contributed by atoms with van der Waals surface area (Å²) in [7, 11) is 0. The maximum absolute atomic E-state index is 12.9. The van der Waals surface area contributed by atoms with Crippen molar-refractivity contribution in [1.82, 2.24) is 0 Å². The van der Waals surface area contributed by atoms with E-state index in [9.17, 15) is 23.3 Å². The number of benzene rings is 1. The summed E-state index contributed by atoms with van der Waals surface area (Å²) in [5.74, 6) is -0.295. The molecule has 9 heteroatoms. The first-order valence-electron chi connectivity index (χ1n) is 5.61. The molecular formula is C12H8BrF3N2O3. The minimum atomic E-state index is -4.51. The van der Waals surface area contributed by atoms with Crippen LogP contribution in [0.3, 0.4) is 0 Å². The molecule has 0 amide bonds. The fourth-order valence-electron chi connectivity index (χ4n) is 1.65. The largest absolute Gasteiger partial charge is 0.433 e. The van der Waals surface area contributed by atoms with Gasteiger partial charge in [0.05, 0.1) is 18.2 Å². The third-order valence-electron chi connectivity index (χ3n) is 2.57. The van der Waals surface area contributed by atoms with Gasteiger partial charge < -0.3 is 9.73 Å². The van der Waals surface area contributed by atoms with Crippen molar-refractivity contribution in [2.75, 3.05) is 5.32 Å². The molecule has 0 fully saturated rings. The summed E-state index contributed by atoms with van der Waals surface area (Å²) >= 11 is 2.98. The van der Waals surface area contributed by atoms with Crippen LogP contribution in [0.25, 0.3) is 0 Å². The molecule has 0 aliphatic heterocycles. The van der Waals surface area contributed by atoms with Crippen LogP contribution in [0.1, 0.15) is 11.3 Å². The molecule has 1 aromatic carbocycles. The van der Waals surface area contributed by atoms with Crippen LogP contribution in [0.4, 0.5) is 24.7 Å². The second-order valence-corrected chi connectivity index (χ2v) is 4.95. The van der Waals surface area contributed by atoms with E-state index in [0.717, 1.165) is 12.1 Å². The summed E-state index contributed by atoms with van der Waals surface area (Å²) in [5, 5.41) is 13.0. The fourth-order valence-corrected chi connectivity index (χ4v) is 2.01. The van der Waals surface area contributed by atoms with Gasteiger partial charge in [-0.1, -0.05) is 15.9 Å². The van der Waals surface area contributed by atoms with E-state index in [1.807, 2.05) is 0 Å². The van der Waals surface area contributed by atoms with Gasteiger partial charge in [-0.05, 0) is 24.3 Å². The second-order valence-electron chi connectivity index (χ2n) is 4.04. The Morgan fingerprint density at radius 3 is 2.57 bits per heavy atom. The number of nitrogens with one attached hydrogen (secondary N) is 1. The van der Waals surface area contributed by atoms with E-state index in [0.29, 0.717) is 4.47 Å². The summed E-state index contributed by atoms with van der Waals surface area (Å²) in [5.41, 5.74) is -0.970. The lowest BCUT2D eigenvalue weighted by atomic mass is 10.1. The third-order valence-corrected chi connectivity index (χ3v) is 3.06. The molecule has 0 radical (unpaired) electrons. The summed E-state index contributed by atoms with van der Waals surface area (Å²) in [6.45, 7) is -0.0987. The Balaban J connectivity index is 2.18. The molecule has 1 heterocycles. The number of rotatable bonds is 4. The van der Waals surface area contributed by atoms with Gasteiger partial charge in [0.1, 0.15) is 10.7 Å². The Labute approximate surface area is 125 Å². The number of nitro groups is 1. The van der Waals surface area contributed by atoms with Gasteiger partial charge in [0.15, 0.2) is 0 Å². The Morgan fingerprint density at radius 1 is 1.29 bits per heavy atom. The Kier molecular flexibility index (Phi) is 4.21. The van der Waals surface area contributed by atoms with Crippen molar-refractivity contribution in [2.45, 2.75) is 12.7 Å². The van der Waals surface area contributed by atoms with Crippen LogP contribution in [0, 0.1) is 10.1 Å². The predicted molar refractivity (Wildman–Crippen MR) is 71.8 cm³/mol. The van der Waals surface area contributed by atoms with Crippen LogP contribution in [0.5, 0.6) is 0 Å². The molecule has 2 rings (SSSR count). The molecule has 1 aromatic heterocycles. The van der Waals surface area contributed by atoms with E-state index in [4.69, 9.17) is 4.42 Å². The van der Waals surface area contributed by atoms with Gasteiger partial charge in [0.2, 0.25) is 0 Å². The molecule has 0 spiro atoms. The van der Waals surface area contributed by atoms with Gasteiger partial charge in [-0.15, -0.1) is 0 Å². The second kappa shape index (κ2) is 5.76. The van der Waals surface area contributed by atoms with E-state index in [1.54, 1.807) is 0 Å². The molecule has 112 valence electrons. The first kappa shape index (κ1) is 15.4. The molecule has 5 nitrogen and oxygen atoms in total. The third kappa shape index (κ3) is 3.75. The van der Waals surface area contributed by atoms with Gasteiger partial charge in [-0.25, -0.2) is 0 Å². The molecular weight excluding hydrogens is 357 g/mol. The monoisotopic (exact) mass is 364 g/mol. The highest BCUT2D eigenvalue weighted by Crippen LogP contribution is 2.36. The lowest BCUT2D eigenvalue weighted by Crippen LogP contribution is -2.10. The van der Waals surface area contributed by atoms with Crippen LogP contribution in [0.15, 0.2) is 39.2 Å². The summed E-state index contributed by atoms with van der Waals surface area (Å²) in [4.78, 5) is 9.73. The summed E-state index contributed by atoms with van der Waals surface area (Å²) < 4.78 is 43.8. The molecule has 0 aliphatic carbocycles. The zero-order chi connectivity index (χ0) is 15.6. The van der Waals surface area contributed by atoms with Crippen LogP contribution in [0.2, 0.25) is 0 Å². The summed E-state index contributed by atoms with van der Waals surface area (Å²) in [6.07, 6.45) is -4.51. The minimum absolute atomic E-state index is 0.0987. The van der Waals surface area contributed by atoms with Gasteiger partial charge in [0.25, 0.3) is 0 Å². The van der Waals surface area contributed by atoms with Crippen molar-refractivity contribution in [3.8, 4) is 0 Å². The number of alkyl halides is 3. The zero-order valence-electron chi connectivity index (χ0n) is 10.3. The molecule has 0 saturated carbocycles. The van der Waals surface area contributed by atoms with Crippen molar-refractivity contribution in [2.24, 2.45) is 0 Å². The lowest BCUT2D eigenvalue weighted by Gasteiger charge is -2.14. The van der Waals surface area contributed by atoms with Crippen molar-refractivity contribution >= 4 is 27.5 Å². The SMILES string of the molecule is O=[N+]([O-])c1ccc(CNc2ccc(Br)cc2C(F)(F)F)o1. The van der Waals surface area contributed by atoms with E-state index in [1.165, 1.54) is 18.2 Å². The number of hydrogen-bond donors (Lipinski definition) is 1. The molecule has 2 aromatic rings. The Bertz CT molecular complexity index is 670. The quantitative estimate of drug-likeness (QED) is 0.636. The maximum atomic E-state index is 12.9. The number of halogens is 4. The molecule has 1 N–H and O–H groups in total. The number of hydrogen-bond acceptors (Lipinski definition) is 4. The number of furan rings is 1. The average Bonchev–Trinajstić information content (AvgIpc) is 2.85. The molecule has 21 heavy (non-hydrogen) atoms. The highest BCUT2D eigenvalue weighted by Gasteiger charge is 2.33. The molecule has 0 aliphatic rings. The molecule has 0 saturated heterocycles. The van der Waals surface area contributed by atoms with Crippen molar-refractivity contribution in [1.29, 1.82) is 0 Å². The highest BCUT2D eigenvalue weighted by molar-refractivity contribution is 9.10. The number of nitrogens with zero attached hydrogens (tertiary/aromatic N) is 1. The first-order valence-corrected chi connectivity index (χ1v) is 6.40. The van der Waals surface area contributed by atoms with Crippen molar-refractivity contribution in [3.63, 3.8) is 0 Å². The van der Waals surface area contributed by atoms with Gasteiger partial charge >= 0.3 is 12.1 Å². The molecule has 0 unspecified atom stereocenters. The lowest BCUT2D eigenvalue weighted by molar-refractivity contribution is -0.402. The van der Waals surface area contributed by atoms with Gasteiger partial charge in [-0.3, -0.25) is 10.1 Å². The maximum Gasteiger partial charge on any atom is 0.433 e. The summed E-state index contributed by atoms with van der Waals surface area (Å²) in [6, 6.07) is 6.15. The minimum Gasteiger partial charge on any atom is -0.404 e. The highest BCUT2D eigenvalue weighted by atomic mass is 79.9. The topological polar surface area (TPSA) is 68.3 Å². The Morgan fingerprint density at radius 2 is 2.00 bits per heavy atom. The van der Waals surface area contributed by atoms with E-state index >= 15 is 0 Å². The zero-order valence-corrected chi connectivity index (χ0v) is 11.9. The number of anilines is 1. The fraction of sp³-hybridized carbons (Fsp3) is 0.167. The normalized spacial score (nSPS) is 11.4. The first-order chi connectivity index (χ1) is 9.77. The van der Waals surface area contributed by atoms with E-state index < -0.39 is 22.5 Å². The standard InChI is InChI=1S/C12H8BrF3N2O3/c13-7-1-3-10(9(5-7)12(14,15)16)17-6-8-2-4-11(21-8)18(19)20/h1-5,17H,6H2. The van der Waals surface area contributed by atoms with Gasteiger partial charge in [-0.2, -0.15) is 13.2 Å². The van der Waals surface area contributed by atoms with Crippen LogP contribution < -0.4 is 5.32 Å².